The minimum atomic E-state index is -5.39. The molecular weight excluding hydrogens is 367 g/mol. The number of rotatable bonds is 0. The molecular formula is BiCuO4P+2. The first-order chi connectivity index (χ1) is 2.00. The van der Waals surface area contributed by atoms with Crippen LogP contribution in [0.5, 0.6) is 0 Å². The van der Waals surface area contributed by atoms with Crippen LogP contribution < -0.4 is 14.7 Å². The van der Waals surface area contributed by atoms with Crippen molar-refractivity contribution >= 4 is 34.0 Å². The summed E-state index contributed by atoms with van der Waals surface area (Å²) in [6, 6.07) is 0. The van der Waals surface area contributed by atoms with Gasteiger partial charge in [0.15, 0.2) is 0 Å². The molecule has 0 aromatic carbocycles. The molecule has 0 unspecified atom stereocenters. The fourth-order valence-corrected chi connectivity index (χ4v) is 0. The summed E-state index contributed by atoms with van der Waals surface area (Å²) in [5, 5.41) is 0. The minimum Gasteiger partial charge on any atom is -0.822 e. The second-order valence-electron chi connectivity index (χ2n) is 0.447. The number of hydrogen-bond donors (Lipinski definition) is 0. The van der Waals surface area contributed by atoms with Crippen LogP contribution in [-0.2, 0) is 21.6 Å². The zero-order valence-electron chi connectivity index (χ0n) is 2.83. The van der Waals surface area contributed by atoms with Gasteiger partial charge in [0.25, 0.3) is 0 Å². The van der Waals surface area contributed by atoms with Crippen molar-refractivity contribution in [1.29, 1.82) is 0 Å². The smallest absolute Gasteiger partial charge is 0.822 e. The Morgan fingerprint density at radius 2 is 1.14 bits per heavy atom. The largest absolute Gasteiger partial charge is 3.00 e. The first-order valence-electron chi connectivity index (χ1n) is 0.730. The van der Waals surface area contributed by atoms with E-state index in [1.54, 1.807) is 0 Å². The summed E-state index contributed by atoms with van der Waals surface area (Å²) in [6.45, 7) is 0. The van der Waals surface area contributed by atoms with Crippen LogP contribution >= 0.6 is 7.82 Å². The Kier molecular flexibility index (Phi) is 12.8. The van der Waals surface area contributed by atoms with Gasteiger partial charge in [0.2, 0.25) is 0 Å². The maximum Gasteiger partial charge on any atom is 3.00 e. The van der Waals surface area contributed by atoms with E-state index in [2.05, 4.69) is 0 Å². The first-order valence-corrected chi connectivity index (χ1v) is 2.19. The normalized spacial score (nSPS) is 8.43. The topological polar surface area (TPSA) is 86.2 Å². The van der Waals surface area contributed by atoms with E-state index >= 15 is 0 Å². The molecule has 0 aliphatic heterocycles. The third kappa shape index (κ3) is 99.8. The Bertz CT molecular complexity index is 57.8. The van der Waals surface area contributed by atoms with Gasteiger partial charge in [-0.25, -0.2) is 0 Å². The van der Waals surface area contributed by atoms with Crippen LogP contribution in [0.15, 0.2) is 0 Å². The van der Waals surface area contributed by atoms with Crippen LogP contribution in [0.2, 0.25) is 0 Å². The van der Waals surface area contributed by atoms with Gasteiger partial charge in [-0.15, -0.1) is 0 Å². The monoisotopic (exact) mass is 367 g/mol. The van der Waals surface area contributed by atoms with Crippen molar-refractivity contribution in [2.75, 3.05) is 0 Å². The molecule has 0 aromatic rings. The van der Waals surface area contributed by atoms with E-state index in [1.807, 2.05) is 0 Å². The fourth-order valence-electron chi connectivity index (χ4n) is 0. The molecule has 0 aliphatic rings. The van der Waals surface area contributed by atoms with Gasteiger partial charge in [-0.1, -0.05) is 0 Å². The van der Waals surface area contributed by atoms with E-state index in [-0.39, 0.29) is 43.3 Å². The van der Waals surface area contributed by atoms with E-state index in [9.17, 15) is 0 Å². The van der Waals surface area contributed by atoms with Crippen molar-refractivity contribution in [3.8, 4) is 0 Å². The number of hydrogen-bond acceptors (Lipinski definition) is 4. The quantitative estimate of drug-likeness (QED) is 0.333. The van der Waals surface area contributed by atoms with Crippen molar-refractivity contribution in [3.05, 3.63) is 0 Å². The maximum absolute atomic E-state index is 8.55. The molecule has 0 saturated heterocycles. The first kappa shape index (κ1) is 15.8. The second-order valence-corrected chi connectivity index (χ2v) is 1.34. The van der Waals surface area contributed by atoms with Gasteiger partial charge in [0.05, 0.1) is 0 Å². The van der Waals surface area contributed by atoms with Gasteiger partial charge in [0, 0.05) is 0 Å². The summed E-state index contributed by atoms with van der Waals surface area (Å²) >= 11 is 0. The van der Waals surface area contributed by atoms with E-state index in [0.29, 0.717) is 0 Å². The molecule has 0 aromatic heterocycles. The molecule has 0 rings (SSSR count). The number of phosphoric acid groups is 1. The van der Waals surface area contributed by atoms with Crippen molar-refractivity contribution < 1.29 is 36.3 Å². The average Bonchev–Trinajstić information content (AvgIpc) is 0.722. The third-order valence-corrected chi connectivity index (χ3v) is 0. The summed E-state index contributed by atoms with van der Waals surface area (Å²) < 4.78 is 8.55. The van der Waals surface area contributed by atoms with E-state index in [4.69, 9.17) is 19.2 Å². The van der Waals surface area contributed by atoms with Gasteiger partial charge >= 0.3 is 43.3 Å². The van der Waals surface area contributed by atoms with Crippen molar-refractivity contribution in [2.45, 2.75) is 0 Å². The fraction of sp³-hybridized carbons (Fsp3) is 0. The Hall–Kier alpha value is 1.51. The van der Waals surface area contributed by atoms with Crippen LogP contribution in [0.4, 0.5) is 0 Å². The van der Waals surface area contributed by atoms with Gasteiger partial charge in [-0.2, -0.15) is 7.82 Å². The maximum atomic E-state index is 8.55. The molecule has 7 heavy (non-hydrogen) atoms. The summed E-state index contributed by atoms with van der Waals surface area (Å²) in [5.41, 5.74) is 0. The molecule has 0 N–H and O–H groups in total. The van der Waals surface area contributed by atoms with Crippen LogP contribution in [0, 0.1) is 0 Å². The molecule has 4 nitrogen and oxygen atoms in total. The van der Waals surface area contributed by atoms with Crippen LogP contribution in [-0.4, -0.2) is 26.2 Å². The molecule has 0 spiro atoms. The van der Waals surface area contributed by atoms with E-state index in [1.165, 1.54) is 0 Å². The average molecular weight is 367 g/mol. The molecule has 0 bridgehead atoms. The summed E-state index contributed by atoms with van der Waals surface area (Å²) in [4.78, 5) is 25.6. The van der Waals surface area contributed by atoms with Crippen LogP contribution in [0.25, 0.3) is 0 Å². The molecule has 0 aliphatic carbocycles. The molecule has 0 saturated carbocycles. The molecule has 7 heteroatoms. The van der Waals surface area contributed by atoms with Crippen LogP contribution in [0.1, 0.15) is 0 Å². The Morgan fingerprint density at radius 3 is 1.14 bits per heavy atom. The molecule has 0 fully saturated rings. The zero-order chi connectivity index (χ0) is 4.50. The van der Waals surface area contributed by atoms with Crippen molar-refractivity contribution in [3.63, 3.8) is 0 Å². The Labute approximate surface area is 70.2 Å². The van der Waals surface area contributed by atoms with Gasteiger partial charge < -0.3 is 19.2 Å². The summed E-state index contributed by atoms with van der Waals surface area (Å²) in [5.74, 6) is 0. The molecule has 0 heterocycles. The van der Waals surface area contributed by atoms with E-state index < -0.39 is 7.82 Å². The molecule has 0 amide bonds. The summed E-state index contributed by atoms with van der Waals surface area (Å²) in [7, 11) is -5.39. The third-order valence-electron chi connectivity index (χ3n) is 0. The second kappa shape index (κ2) is 5.65. The predicted octanol–water partition coefficient (Wildman–Crippen LogP) is -3.21. The zero-order valence-corrected chi connectivity index (χ0v) is 8.14. The minimum absolute atomic E-state index is 0. The van der Waals surface area contributed by atoms with Crippen molar-refractivity contribution in [2.24, 2.45) is 0 Å². The Morgan fingerprint density at radius 1 is 1.14 bits per heavy atom. The standard InChI is InChI=1S/Bi.Cu.H3O4P/c;;1-5(2,3)4/h;;(H3,1,2,3,4)/q+3;+2;/p-3. The van der Waals surface area contributed by atoms with Gasteiger partial charge in [-0.05, 0) is 0 Å². The SMILES string of the molecule is O=P([O-])([O-])[O-].[Bi+3].[Cu+2]. The molecule has 3 radical (unpaired) electrons. The van der Waals surface area contributed by atoms with Gasteiger partial charge in [-0.3, -0.25) is 0 Å². The van der Waals surface area contributed by atoms with E-state index in [0.717, 1.165) is 0 Å². The molecule has 0 atom stereocenters. The molecule has 43 valence electrons. The summed E-state index contributed by atoms with van der Waals surface area (Å²) in [6.07, 6.45) is 0. The van der Waals surface area contributed by atoms with Crippen LogP contribution in [0.3, 0.4) is 0 Å². The predicted molar refractivity (Wildman–Crippen MR) is 13.4 cm³/mol. The van der Waals surface area contributed by atoms with Crippen molar-refractivity contribution in [1.82, 2.24) is 0 Å². The van der Waals surface area contributed by atoms with Gasteiger partial charge in [0.1, 0.15) is 0 Å². The Balaban J connectivity index is -0.0000000800.